The van der Waals surface area contributed by atoms with Gasteiger partial charge in [-0.1, -0.05) is 60.1 Å². The summed E-state index contributed by atoms with van der Waals surface area (Å²) < 4.78 is 5.98. The summed E-state index contributed by atoms with van der Waals surface area (Å²) >= 11 is 6.19. The molecule has 0 aliphatic carbocycles. The summed E-state index contributed by atoms with van der Waals surface area (Å²) in [6, 6.07) is 23.5. The van der Waals surface area contributed by atoms with Crippen LogP contribution in [-0.4, -0.2) is 0 Å². The van der Waals surface area contributed by atoms with Crippen LogP contribution in [0.3, 0.4) is 0 Å². The number of rotatable bonds is 4. The third-order valence-electron chi connectivity index (χ3n) is 3.39. The molecule has 22 heavy (non-hydrogen) atoms. The zero-order valence-corrected chi connectivity index (χ0v) is 12.8. The summed E-state index contributed by atoms with van der Waals surface area (Å²) in [5, 5.41) is 0.509. The van der Waals surface area contributed by atoms with Crippen molar-refractivity contribution in [3.63, 3.8) is 0 Å². The number of hydrogen-bond acceptors (Lipinski definition) is 2. The van der Waals surface area contributed by atoms with Gasteiger partial charge < -0.3 is 10.5 Å². The van der Waals surface area contributed by atoms with Crippen molar-refractivity contribution in [2.24, 2.45) is 0 Å². The summed E-state index contributed by atoms with van der Waals surface area (Å²) in [4.78, 5) is 0. The Morgan fingerprint density at radius 2 is 1.55 bits per heavy atom. The molecule has 110 valence electrons. The van der Waals surface area contributed by atoms with Crippen LogP contribution in [0.25, 0.3) is 0 Å². The van der Waals surface area contributed by atoms with Crippen LogP contribution in [0.1, 0.15) is 11.1 Å². The number of halogens is 1. The van der Waals surface area contributed by atoms with Crippen molar-refractivity contribution in [3.8, 4) is 11.5 Å². The van der Waals surface area contributed by atoms with Crippen molar-refractivity contribution in [1.82, 2.24) is 0 Å². The second kappa shape index (κ2) is 6.54. The lowest BCUT2D eigenvalue weighted by molar-refractivity contribution is 0.478. The molecule has 3 rings (SSSR count). The zero-order chi connectivity index (χ0) is 15.4. The van der Waals surface area contributed by atoms with Crippen molar-refractivity contribution in [1.29, 1.82) is 0 Å². The molecule has 0 fully saturated rings. The van der Waals surface area contributed by atoms with E-state index in [1.165, 1.54) is 5.56 Å². The fourth-order valence-corrected chi connectivity index (χ4v) is 2.51. The number of nitrogen functional groups attached to an aromatic ring is 1. The van der Waals surface area contributed by atoms with Gasteiger partial charge in [0.1, 0.15) is 11.5 Å². The maximum absolute atomic E-state index is 6.19. The van der Waals surface area contributed by atoms with Gasteiger partial charge in [-0.15, -0.1) is 0 Å². The Hall–Kier alpha value is -2.45. The van der Waals surface area contributed by atoms with E-state index >= 15 is 0 Å². The minimum absolute atomic E-state index is 0.509. The van der Waals surface area contributed by atoms with Gasteiger partial charge in [-0.3, -0.25) is 0 Å². The Morgan fingerprint density at radius 3 is 2.32 bits per heavy atom. The number of para-hydroxylation sites is 1. The first-order valence-corrected chi connectivity index (χ1v) is 7.45. The van der Waals surface area contributed by atoms with Crippen LogP contribution in [-0.2, 0) is 6.42 Å². The first-order valence-electron chi connectivity index (χ1n) is 7.07. The van der Waals surface area contributed by atoms with E-state index in [1.807, 2.05) is 36.4 Å². The fraction of sp³-hybridized carbons (Fsp3) is 0.0526. The standard InChI is InChI=1S/C19H16ClNO/c20-17-13-16(21)10-11-19(17)22-18-9-5-4-8-15(18)12-14-6-2-1-3-7-14/h1-11,13H,12,21H2. The number of hydrogen-bond donors (Lipinski definition) is 1. The average molecular weight is 310 g/mol. The lowest BCUT2D eigenvalue weighted by Crippen LogP contribution is -1.94. The number of ether oxygens (including phenoxy) is 1. The molecule has 0 saturated carbocycles. The predicted octanol–water partition coefficient (Wildman–Crippen LogP) is 5.31. The zero-order valence-electron chi connectivity index (χ0n) is 12.0. The topological polar surface area (TPSA) is 35.2 Å². The second-order valence-electron chi connectivity index (χ2n) is 5.06. The summed E-state index contributed by atoms with van der Waals surface area (Å²) in [5.74, 6) is 1.41. The SMILES string of the molecule is Nc1ccc(Oc2ccccc2Cc2ccccc2)c(Cl)c1. The Kier molecular flexibility index (Phi) is 4.31. The van der Waals surface area contributed by atoms with E-state index in [9.17, 15) is 0 Å². The largest absolute Gasteiger partial charge is 0.456 e. The molecule has 0 aliphatic rings. The minimum atomic E-state index is 0.509. The van der Waals surface area contributed by atoms with Crippen LogP contribution >= 0.6 is 11.6 Å². The van der Waals surface area contributed by atoms with E-state index in [4.69, 9.17) is 22.1 Å². The van der Waals surface area contributed by atoms with Crippen molar-refractivity contribution in [2.75, 3.05) is 5.73 Å². The fourth-order valence-electron chi connectivity index (χ4n) is 2.28. The first kappa shape index (κ1) is 14.5. The van der Waals surface area contributed by atoms with Gasteiger partial charge >= 0.3 is 0 Å². The summed E-state index contributed by atoms with van der Waals surface area (Å²) in [6.07, 6.45) is 0.809. The smallest absolute Gasteiger partial charge is 0.146 e. The summed E-state index contributed by atoms with van der Waals surface area (Å²) in [7, 11) is 0. The molecular weight excluding hydrogens is 294 g/mol. The second-order valence-corrected chi connectivity index (χ2v) is 5.47. The van der Waals surface area contributed by atoms with E-state index in [0.29, 0.717) is 16.5 Å². The molecule has 0 spiro atoms. The van der Waals surface area contributed by atoms with Crippen LogP contribution in [0.5, 0.6) is 11.5 Å². The molecule has 0 heterocycles. The Morgan fingerprint density at radius 1 is 0.818 bits per heavy atom. The molecule has 3 aromatic rings. The molecule has 2 N–H and O–H groups in total. The Bertz CT molecular complexity index is 771. The number of nitrogens with two attached hydrogens (primary N) is 1. The molecular formula is C19H16ClNO. The molecule has 0 amide bonds. The van der Waals surface area contributed by atoms with Crippen LogP contribution in [0.4, 0.5) is 5.69 Å². The van der Waals surface area contributed by atoms with Gasteiger partial charge in [0.25, 0.3) is 0 Å². The lowest BCUT2D eigenvalue weighted by Gasteiger charge is -2.12. The van der Waals surface area contributed by atoms with Crippen molar-refractivity contribution < 1.29 is 4.74 Å². The summed E-state index contributed by atoms with van der Waals surface area (Å²) in [6.45, 7) is 0. The predicted molar refractivity (Wildman–Crippen MR) is 91.6 cm³/mol. The van der Waals surface area contributed by atoms with Crippen LogP contribution < -0.4 is 10.5 Å². The Labute approximate surface area is 135 Å². The van der Waals surface area contributed by atoms with Gasteiger partial charge in [-0.05, 0) is 35.4 Å². The highest BCUT2D eigenvalue weighted by Gasteiger charge is 2.08. The Balaban J connectivity index is 1.88. The maximum Gasteiger partial charge on any atom is 0.146 e. The maximum atomic E-state index is 6.19. The number of anilines is 1. The van der Waals surface area contributed by atoms with Crippen LogP contribution in [0.2, 0.25) is 5.02 Å². The van der Waals surface area contributed by atoms with Crippen LogP contribution in [0.15, 0.2) is 72.8 Å². The summed E-state index contributed by atoms with van der Waals surface area (Å²) in [5.41, 5.74) is 8.68. The normalized spacial score (nSPS) is 10.4. The van der Waals surface area contributed by atoms with Crippen molar-refractivity contribution >= 4 is 17.3 Å². The lowest BCUT2D eigenvalue weighted by atomic mass is 10.0. The molecule has 2 nitrogen and oxygen atoms in total. The molecule has 0 unspecified atom stereocenters. The van der Waals surface area contributed by atoms with E-state index in [-0.39, 0.29) is 0 Å². The minimum Gasteiger partial charge on any atom is -0.456 e. The highest BCUT2D eigenvalue weighted by molar-refractivity contribution is 6.32. The molecule has 3 heteroatoms. The van der Waals surface area contributed by atoms with E-state index < -0.39 is 0 Å². The molecule has 0 saturated heterocycles. The third kappa shape index (κ3) is 3.41. The molecule has 0 atom stereocenters. The molecule has 3 aromatic carbocycles. The molecule has 0 radical (unpaired) electrons. The van der Waals surface area contributed by atoms with Gasteiger partial charge in [0.05, 0.1) is 5.02 Å². The molecule has 0 bridgehead atoms. The molecule has 0 aliphatic heterocycles. The van der Waals surface area contributed by atoms with Crippen molar-refractivity contribution in [3.05, 3.63) is 88.9 Å². The van der Waals surface area contributed by atoms with E-state index in [1.54, 1.807) is 18.2 Å². The van der Waals surface area contributed by atoms with Crippen LogP contribution in [0, 0.1) is 0 Å². The van der Waals surface area contributed by atoms with E-state index in [2.05, 4.69) is 18.2 Å². The van der Waals surface area contributed by atoms with Gasteiger partial charge in [0.2, 0.25) is 0 Å². The quantitative estimate of drug-likeness (QED) is 0.663. The first-order chi connectivity index (χ1) is 10.7. The number of benzene rings is 3. The third-order valence-corrected chi connectivity index (χ3v) is 3.68. The highest BCUT2D eigenvalue weighted by Crippen LogP contribution is 2.33. The monoisotopic (exact) mass is 309 g/mol. The van der Waals surface area contributed by atoms with Gasteiger partial charge in [-0.25, -0.2) is 0 Å². The molecule has 0 aromatic heterocycles. The van der Waals surface area contributed by atoms with E-state index in [0.717, 1.165) is 17.7 Å². The van der Waals surface area contributed by atoms with Gasteiger partial charge in [0.15, 0.2) is 0 Å². The highest BCUT2D eigenvalue weighted by atomic mass is 35.5. The van der Waals surface area contributed by atoms with Crippen molar-refractivity contribution in [2.45, 2.75) is 6.42 Å². The van der Waals surface area contributed by atoms with Gasteiger partial charge in [-0.2, -0.15) is 0 Å². The van der Waals surface area contributed by atoms with Gasteiger partial charge in [0, 0.05) is 12.1 Å². The average Bonchev–Trinajstić information content (AvgIpc) is 2.53.